The van der Waals surface area contributed by atoms with Crippen LogP contribution in [0.15, 0.2) is 82.6 Å². The Morgan fingerprint density at radius 1 is 0.969 bits per heavy atom. The second-order valence-electron chi connectivity index (χ2n) is 6.65. The van der Waals surface area contributed by atoms with Crippen molar-refractivity contribution in [3.63, 3.8) is 0 Å². The Hall–Kier alpha value is -3.92. The molecule has 10 heteroatoms. The smallest absolute Gasteiger partial charge is 0.305 e. The molecule has 0 saturated heterocycles. The van der Waals surface area contributed by atoms with E-state index in [-0.39, 0.29) is 17.3 Å². The van der Waals surface area contributed by atoms with Crippen LogP contribution in [0, 0.1) is 5.82 Å². The van der Waals surface area contributed by atoms with Crippen molar-refractivity contribution in [1.29, 1.82) is 0 Å². The maximum absolute atomic E-state index is 13.4. The SMILES string of the molecule is O=C(CSc1nnc(-c2ccc(F)cc2)n1Cc1ccccc1)NNC(=O)c1ccco1. The van der Waals surface area contributed by atoms with Gasteiger partial charge in [0, 0.05) is 5.56 Å². The number of rotatable bonds is 7. The van der Waals surface area contributed by atoms with Gasteiger partial charge in [0.2, 0.25) is 5.91 Å². The number of hydrogen-bond acceptors (Lipinski definition) is 6. The van der Waals surface area contributed by atoms with Gasteiger partial charge in [0.1, 0.15) is 5.82 Å². The summed E-state index contributed by atoms with van der Waals surface area (Å²) < 4.78 is 20.2. The highest BCUT2D eigenvalue weighted by Gasteiger charge is 2.17. The zero-order valence-corrected chi connectivity index (χ0v) is 17.5. The maximum Gasteiger partial charge on any atom is 0.305 e. The van der Waals surface area contributed by atoms with Gasteiger partial charge in [-0.15, -0.1) is 10.2 Å². The van der Waals surface area contributed by atoms with Crippen molar-refractivity contribution in [2.45, 2.75) is 11.7 Å². The fraction of sp³-hybridized carbons (Fsp3) is 0.0909. The first kappa shape index (κ1) is 21.3. The van der Waals surface area contributed by atoms with E-state index in [1.807, 2.05) is 34.9 Å². The molecule has 2 aromatic carbocycles. The van der Waals surface area contributed by atoms with Crippen LogP contribution >= 0.6 is 11.8 Å². The molecule has 2 heterocycles. The summed E-state index contributed by atoms with van der Waals surface area (Å²) >= 11 is 1.17. The lowest BCUT2D eigenvalue weighted by atomic mass is 10.2. The summed E-state index contributed by atoms with van der Waals surface area (Å²) in [6.07, 6.45) is 1.37. The van der Waals surface area contributed by atoms with E-state index in [9.17, 15) is 14.0 Å². The van der Waals surface area contributed by atoms with Gasteiger partial charge in [-0.05, 0) is 42.0 Å². The van der Waals surface area contributed by atoms with Crippen LogP contribution in [0.1, 0.15) is 16.1 Å². The lowest BCUT2D eigenvalue weighted by Gasteiger charge is -2.11. The number of nitrogens with zero attached hydrogens (tertiary/aromatic N) is 3. The van der Waals surface area contributed by atoms with Gasteiger partial charge in [-0.25, -0.2) is 4.39 Å². The van der Waals surface area contributed by atoms with Gasteiger partial charge >= 0.3 is 5.91 Å². The molecule has 162 valence electrons. The number of amides is 2. The van der Waals surface area contributed by atoms with Crippen molar-refractivity contribution >= 4 is 23.6 Å². The van der Waals surface area contributed by atoms with Gasteiger partial charge in [0.15, 0.2) is 16.7 Å². The van der Waals surface area contributed by atoms with Crippen molar-refractivity contribution in [1.82, 2.24) is 25.6 Å². The number of hydrazine groups is 1. The third-order valence-electron chi connectivity index (χ3n) is 4.40. The van der Waals surface area contributed by atoms with Gasteiger partial charge in [0.25, 0.3) is 0 Å². The average molecular weight is 451 g/mol. The number of aromatic nitrogens is 3. The molecule has 0 aliphatic rings. The minimum atomic E-state index is -0.556. The highest BCUT2D eigenvalue weighted by molar-refractivity contribution is 7.99. The average Bonchev–Trinajstić information content (AvgIpc) is 3.48. The van der Waals surface area contributed by atoms with Crippen LogP contribution in [-0.2, 0) is 11.3 Å². The number of carbonyl (C=O) groups excluding carboxylic acids is 2. The molecule has 0 saturated carbocycles. The standard InChI is InChI=1S/C22H18FN5O3S/c23-17-10-8-16(9-11-17)20-25-27-22(28(20)13-15-5-2-1-3-6-15)32-14-19(29)24-26-21(30)18-7-4-12-31-18/h1-12H,13-14H2,(H,24,29)(H,26,30). The van der Waals surface area contributed by atoms with Crippen LogP contribution in [0.2, 0.25) is 0 Å². The third kappa shape index (κ3) is 5.22. The Balaban J connectivity index is 1.47. The quantitative estimate of drug-likeness (QED) is 0.330. The molecule has 4 rings (SSSR count). The molecule has 0 aliphatic carbocycles. The predicted molar refractivity (Wildman–Crippen MR) is 116 cm³/mol. The van der Waals surface area contributed by atoms with E-state index in [0.717, 1.165) is 5.56 Å². The second-order valence-corrected chi connectivity index (χ2v) is 7.60. The van der Waals surface area contributed by atoms with Crippen molar-refractivity contribution in [3.8, 4) is 11.4 Å². The number of benzene rings is 2. The summed E-state index contributed by atoms with van der Waals surface area (Å²) in [4.78, 5) is 24.0. The first-order valence-corrected chi connectivity index (χ1v) is 10.6. The normalized spacial score (nSPS) is 10.7. The van der Waals surface area contributed by atoms with Crippen molar-refractivity contribution < 1.29 is 18.4 Å². The molecule has 4 aromatic rings. The largest absolute Gasteiger partial charge is 0.459 e. The van der Waals surface area contributed by atoms with Crippen LogP contribution in [0.5, 0.6) is 0 Å². The lowest BCUT2D eigenvalue weighted by Crippen LogP contribution is -2.42. The van der Waals surface area contributed by atoms with E-state index in [2.05, 4.69) is 21.0 Å². The minimum Gasteiger partial charge on any atom is -0.459 e. The molecule has 2 N–H and O–H groups in total. The third-order valence-corrected chi connectivity index (χ3v) is 5.36. The Morgan fingerprint density at radius 2 is 1.75 bits per heavy atom. The molecule has 0 aliphatic heterocycles. The van der Waals surface area contributed by atoms with E-state index < -0.39 is 11.8 Å². The number of furan rings is 1. The Kier molecular flexibility index (Phi) is 6.61. The summed E-state index contributed by atoms with van der Waals surface area (Å²) in [5.74, 6) is -0.681. The summed E-state index contributed by atoms with van der Waals surface area (Å²) in [6, 6.07) is 18.8. The Labute approximate surface area is 186 Å². The van der Waals surface area contributed by atoms with Crippen LogP contribution in [-0.4, -0.2) is 32.3 Å². The topological polar surface area (TPSA) is 102 Å². The number of halogens is 1. The van der Waals surface area contributed by atoms with Crippen molar-refractivity contribution in [2.75, 3.05) is 5.75 Å². The van der Waals surface area contributed by atoms with Gasteiger partial charge < -0.3 is 4.42 Å². The van der Waals surface area contributed by atoms with Crippen molar-refractivity contribution in [2.24, 2.45) is 0 Å². The van der Waals surface area contributed by atoms with Crippen LogP contribution in [0.3, 0.4) is 0 Å². The molecule has 8 nitrogen and oxygen atoms in total. The Bertz CT molecular complexity index is 1190. The molecule has 0 atom stereocenters. The molecular formula is C22H18FN5O3S. The monoisotopic (exact) mass is 451 g/mol. The summed E-state index contributed by atoms with van der Waals surface area (Å²) in [5, 5.41) is 8.99. The maximum atomic E-state index is 13.4. The number of thioether (sulfide) groups is 1. The molecular weight excluding hydrogens is 433 g/mol. The number of carbonyl (C=O) groups is 2. The van der Waals surface area contributed by atoms with E-state index in [1.54, 1.807) is 18.2 Å². The number of hydrogen-bond donors (Lipinski definition) is 2. The van der Waals surface area contributed by atoms with Crippen molar-refractivity contribution in [3.05, 3.63) is 90.1 Å². The van der Waals surface area contributed by atoms with Gasteiger partial charge in [-0.2, -0.15) is 0 Å². The summed E-state index contributed by atoms with van der Waals surface area (Å²) in [5.41, 5.74) is 6.35. The number of nitrogens with one attached hydrogen (secondary N) is 2. The predicted octanol–water partition coefficient (Wildman–Crippen LogP) is 3.28. The fourth-order valence-electron chi connectivity index (χ4n) is 2.88. The summed E-state index contributed by atoms with van der Waals surface area (Å²) in [6.45, 7) is 0.472. The van der Waals surface area contributed by atoms with Gasteiger partial charge in [0.05, 0.1) is 18.6 Å². The molecule has 0 bridgehead atoms. The van der Waals surface area contributed by atoms with Crippen LogP contribution in [0.25, 0.3) is 11.4 Å². The molecule has 0 fully saturated rings. The zero-order valence-electron chi connectivity index (χ0n) is 16.7. The lowest BCUT2D eigenvalue weighted by molar-refractivity contribution is -0.119. The fourth-order valence-corrected chi connectivity index (χ4v) is 3.62. The first-order chi connectivity index (χ1) is 15.6. The highest BCUT2D eigenvalue weighted by Crippen LogP contribution is 2.25. The van der Waals surface area contributed by atoms with E-state index >= 15 is 0 Å². The molecule has 2 aromatic heterocycles. The minimum absolute atomic E-state index is 0.00518. The van der Waals surface area contributed by atoms with E-state index in [4.69, 9.17) is 4.42 Å². The zero-order chi connectivity index (χ0) is 22.3. The van der Waals surface area contributed by atoms with Gasteiger partial charge in [-0.1, -0.05) is 42.1 Å². The second kappa shape index (κ2) is 9.92. The van der Waals surface area contributed by atoms with Gasteiger partial charge in [-0.3, -0.25) is 25.0 Å². The molecule has 2 amide bonds. The molecule has 32 heavy (non-hydrogen) atoms. The molecule has 0 spiro atoms. The summed E-state index contributed by atoms with van der Waals surface area (Å²) in [7, 11) is 0. The van der Waals surface area contributed by atoms with Crippen LogP contribution in [0.4, 0.5) is 4.39 Å². The van der Waals surface area contributed by atoms with E-state index in [1.165, 1.54) is 36.2 Å². The first-order valence-electron chi connectivity index (χ1n) is 9.59. The van der Waals surface area contributed by atoms with Crippen LogP contribution < -0.4 is 10.9 Å². The Morgan fingerprint density at radius 3 is 2.47 bits per heavy atom. The highest BCUT2D eigenvalue weighted by atomic mass is 32.2. The van der Waals surface area contributed by atoms with E-state index in [0.29, 0.717) is 23.1 Å². The molecule has 0 unspecified atom stereocenters. The molecule has 0 radical (unpaired) electrons.